The van der Waals surface area contributed by atoms with E-state index in [0.717, 1.165) is 13.8 Å². The SMILES string of the molecule is CC(=O)N[C@@H](C[C@H](C)C(F)(F)F)C(=O)O. The highest BCUT2D eigenvalue weighted by atomic mass is 19.4. The van der Waals surface area contributed by atoms with E-state index in [9.17, 15) is 22.8 Å². The monoisotopic (exact) mass is 227 g/mol. The molecule has 0 bridgehead atoms. The molecule has 0 spiro atoms. The fraction of sp³-hybridized carbons (Fsp3) is 0.750. The Morgan fingerprint density at radius 3 is 2.13 bits per heavy atom. The molecule has 15 heavy (non-hydrogen) atoms. The van der Waals surface area contributed by atoms with E-state index in [-0.39, 0.29) is 0 Å². The lowest BCUT2D eigenvalue weighted by Gasteiger charge is -2.20. The highest BCUT2D eigenvalue weighted by Crippen LogP contribution is 2.29. The molecule has 0 heterocycles. The van der Waals surface area contributed by atoms with E-state index in [1.54, 1.807) is 0 Å². The van der Waals surface area contributed by atoms with Gasteiger partial charge in [0, 0.05) is 6.92 Å². The fourth-order valence-electron chi connectivity index (χ4n) is 0.954. The number of hydrogen-bond acceptors (Lipinski definition) is 2. The van der Waals surface area contributed by atoms with Crippen molar-refractivity contribution >= 4 is 11.9 Å². The molecule has 2 atom stereocenters. The van der Waals surface area contributed by atoms with Crippen LogP contribution in [-0.4, -0.2) is 29.2 Å². The summed E-state index contributed by atoms with van der Waals surface area (Å²) < 4.78 is 36.3. The molecule has 0 saturated carbocycles. The van der Waals surface area contributed by atoms with Gasteiger partial charge in [-0.2, -0.15) is 13.2 Å². The second-order valence-electron chi connectivity index (χ2n) is 3.27. The Balaban J connectivity index is 4.42. The van der Waals surface area contributed by atoms with Crippen LogP contribution in [0.3, 0.4) is 0 Å². The number of aliphatic carboxylic acids is 1. The maximum Gasteiger partial charge on any atom is 0.391 e. The van der Waals surface area contributed by atoms with Crippen LogP contribution in [0, 0.1) is 5.92 Å². The normalized spacial score (nSPS) is 15.5. The molecule has 1 amide bonds. The molecule has 0 fully saturated rings. The van der Waals surface area contributed by atoms with Gasteiger partial charge in [0.15, 0.2) is 0 Å². The summed E-state index contributed by atoms with van der Waals surface area (Å²) in [7, 11) is 0. The van der Waals surface area contributed by atoms with Crippen LogP contribution in [0.25, 0.3) is 0 Å². The third-order valence-electron chi connectivity index (χ3n) is 1.82. The Morgan fingerprint density at radius 1 is 1.40 bits per heavy atom. The van der Waals surface area contributed by atoms with Crippen LogP contribution in [0.4, 0.5) is 13.2 Å². The quantitative estimate of drug-likeness (QED) is 0.757. The van der Waals surface area contributed by atoms with Gasteiger partial charge in [0.25, 0.3) is 0 Å². The minimum absolute atomic E-state index is 0.668. The summed E-state index contributed by atoms with van der Waals surface area (Å²) in [5.74, 6) is -3.91. The summed E-state index contributed by atoms with van der Waals surface area (Å²) in [5, 5.41) is 10.5. The second kappa shape index (κ2) is 4.99. The number of rotatable bonds is 4. The predicted octanol–water partition coefficient (Wildman–Crippen LogP) is 1.16. The van der Waals surface area contributed by atoms with Crippen LogP contribution in [0.15, 0.2) is 0 Å². The number of amides is 1. The summed E-state index contributed by atoms with van der Waals surface area (Å²) in [6.45, 7) is 1.92. The third kappa shape index (κ3) is 5.24. The molecule has 0 aliphatic heterocycles. The predicted molar refractivity (Wildman–Crippen MR) is 45.1 cm³/mol. The van der Waals surface area contributed by atoms with E-state index in [1.807, 2.05) is 5.32 Å². The average Bonchev–Trinajstić information content (AvgIpc) is 1.99. The van der Waals surface area contributed by atoms with Crippen molar-refractivity contribution in [2.75, 3.05) is 0 Å². The van der Waals surface area contributed by atoms with Gasteiger partial charge in [-0.05, 0) is 6.42 Å². The van der Waals surface area contributed by atoms with Crippen LogP contribution < -0.4 is 5.32 Å². The van der Waals surface area contributed by atoms with Crippen molar-refractivity contribution in [3.8, 4) is 0 Å². The van der Waals surface area contributed by atoms with Crippen molar-refractivity contribution in [2.45, 2.75) is 32.5 Å². The summed E-state index contributed by atoms with van der Waals surface area (Å²) >= 11 is 0. The highest BCUT2D eigenvalue weighted by Gasteiger charge is 2.38. The van der Waals surface area contributed by atoms with Crippen LogP contribution in [0.2, 0.25) is 0 Å². The van der Waals surface area contributed by atoms with E-state index in [1.165, 1.54) is 0 Å². The molecule has 0 radical (unpaired) electrons. The Morgan fingerprint density at radius 2 is 1.87 bits per heavy atom. The first kappa shape index (κ1) is 13.7. The van der Waals surface area contributed by atoms with Gasteiger partial charge >= 0.3 is 12.1 Å². The number of hydrogen-bond donors (Lipinski definition) is 2. The number of nitrogens with one attached hydrogen (secondary N) is 1. The van der Waals surface area contributed by atoms with Gasteiger partial charge in [-0.3, -0.25) is 4.79 Å². The van der Waals surface area contributed by atoms with Crippen molar-refractivity contribution in [1.29, 1.82) is 0 Å². The lowest BCUT2D eigenvalue weighted by atomic mass is 10.0. The van der Waals surface area contributed by atoms with Gasteiger partial charge in [-0.1, -0.05) is 6.92 Å². The van der Waals surface area contributed by atoms with Crippen molar-refractivity contribution in [3.63, 3.8) is 0 Å². The first-order valence-corrected chi connectivity index (χ1v) is 4.21. The fourth-order valence-corrected chi connectivity index (χ4v) is 0.954. The molecule has 0 unspecified atom stereocenters. The molecule has 0 rings (SSSR count). The Hall–Kier alpha value is -1.27. The van der Waals surface area contributed by atoms with Gasteiger partial charge in [0.05, 0.1) is 5.92 Å². The molecule has 2 N–H and O–H groups in total. The molecule has 7 heteroatoms. The molecule has 0 aromatic carbocycles. The number of carboxylic acids is 1. The van der Waals surface area contributed by atoms with Gasteiger partial charge in [-0.25, -0.2) is 4.79 Å². The summed E-state index contributed by atoms with van der Waals surface area (Å²) in [6.07, 6.45) is -5.12. The topological polar surface area (TPSA) is 66.4 Å². The van der Waals surface area contributed by atoms with Crippen LogP contribution in [-0.2, 0) is 9.59 Å². The molecular formula is C8H12F3NO3. The van der Waals surface area contributed by atoms with Gasteiger partial charge < -0.3 is 10.4 Å². The number of carbonyl (C=O) groups excluding carboxylic acids is 1. The molecule has 0 aliphatic carbocycles. The van der Waals surface area contributed by atoms with E-state index in [4.69, 9.17) is 5.11 Å². The van der Waals surface area contributed by atoms with Crippen molar-refractivity contribution < 1.29 is 27.9 Å². The summed E-state index contributed by atoms with van der Waals surface area (Å²) in [6, 6.07) is -1.50. The van der Waals surface area contributed by atoms with Crippen LogP contribution in [0.1, 0.15) is 20.3 Å². The minimum Gasteiger partial charge on any atom is -0.480 e. The summed E-state index contributed by atoms with van der Waals surface area (Å²) in [4.78, 5) is 21.0. The Kier molecular flexibility index (Phi) is 4.57. The van der Waals surface area contributed by atoms with Crippen molar-refractivity contribution in [2.24, 2.45) is 5.92 Å². The van der Waals surface area contributed by atoms with E-state index >= 15 is 0 Å². The standard InChI is InChI=1S/C8H12F3NO3/c1-4(8(9,10)11)3-6(7(14)15)12-5(2)13/h4,6H,3H2,1-2H3,(H,12,13)(H,14,15)/t4-,6-/m0/s1. The molecule has 4 nitrogen and oxygen atoms in total. The first-order chi connectivity index (χ1) is 6.64. The maximum atomic E-state index is 12.1. The summed E-state index contributed by atoms with van der Waals surface area (Å²) in [5.41, 5.74) is 0. The zero-order valence-electron chi connectivity index (χ0n) is 8.26. The van der Waals surface area contributed by atoms with Gasteiger partial charge in [-0.15, -0.1) is 0 Å². The van der Waals surface area contributed by atoms with E-state index in [2.05, 4.69) is 0 Å². The van der Waals surface area contributed by atoms with Crippen molar-refractivity contribution in [1.82, 2.24) is 5.32 Å². The van der Waals surface area contributed by atoms with Crippen LogP contribution >= 0.6 is 0 Å². The smallest absolute Gasteiger partial charge is 0.391 e. The maximum absolute atomic E-state index is 12.1. The van der Waals surface area contributed by atoms with Crippen LogP contribution in [0.5, 0.6) is 0 Å². The zero-order chi connectivity index (χ0) is 12.2. The van der Waals surface area contributed by atoms with E-state index < -0.39 is 36.4 Å². The van der Waals surface area contributed by atoms with Crippen molar-refractivity contribution in [3.05, 3.63) is 0 Å². The Bertz CT molecular complexity index is 252. The molecule has 0 saturated heterocycles. The second-order valence-corrected chi connectivity index (χ2v) is 3.27. The molecule has 0 aromatic rings. The van der Waals surface area contributed by atoms with Gasteiger partial charge in [0.1, 0.15) is 6.04 Å². The third-order valence-corrected chi connectivity index (χ3v) is 1.82. The number of carboxylic acid groups (broad SMARTS) is 1. The van der Waals surface area contributed by atoms with Gasteiger partial charge in [0.2, 0.25) is 5.91 Å². The zero-order valence-corrected chi connectivity index (χ0v) is 8.26. The Labute approximate surface area is 84.5 Å². The molecule has 0 aliphatic rings. The lowest BCUT2D eigenvalue weighted by Crippen LogP contribution is -2.42. The first-order valence-electron chi connectivity index (χ1n) is 4.21. The lowest BCUT2D eigenvalue weighted by molar-refractivity contribution is -0.174. The number of alkyl halides is 3. The van der Waals surface area contributed by atoms with E-state index in [0.29, 0.717) is 0 Å². The highest BCUT2D eigenvalue weighted by molar-refractivity contribution is 5.82. The number of halogens is 3. The molecule has 88 valence electrons. The molecular weight excluding hydrogens is 215 g/mol. The number of carbonyl (C=O) groups is 2. The largest absolute Gasteiger partial charge is 0.480 e. The minimum atomic E-state index is -4.45. The molecule has 0 aromatic heterocycles. The average molecular weight is 227 g/mol.